The summed E-state index contributed by atoms with van der Waals surface area (Å²) >= 11 is 5.08. The predicted molar refractivity (Wildman–Crippen MR) is 68.8 cm³/mol. The Morgan fingerprint density at radius 2 is 2.56 bits per heavy atom. The van der Waals surface area contributed by atoms with Crippen LogP contribution in [-0.2, 0) is 4.74 Å². The molecule has 0 radical (unpaired) electrons. The van der Waals surface area contributed by atoms with Gasteiger partial charge < -0.3 is 15.2 Å². The molecule has 2 N–H and O–H groups in total. The summed E-state index contributed by atoms with van der Waals surface area (Å²) in [6.07, 6.45) is 2.59. The number of nitrogens with one attached hydrogen (secondary N) is 1. The molecule has 0 aliphatic carbocycles. The highest BCUT2D eigenvalue weighted by molar-refractivity contribution is 9.10. The lowest BCUT2D eigenvalue weighted by Crippen LogP contribution is -2.31. The van der Waals surface area contributed by atoms with Gasteiger partial charge in [0.05, 0.1) is 18.8 Å². The molecule has 0 bridgehead atoms. The fraction of sp³-hybridized carbons (Fsp3) is 0.636. The molecule has 90 valence electrons. The van der Waals surface area contributed by atoms with Crippen LogP contribution in [0.25, 0.3) is 0 Å². The zero-order chi connectivity index (χ0) is 11.4. The highest BCUT2D eigenvalue weighted by atomic mass is 79.9. The zero-order valence-electron chi connectivity index (χ0n) is 8.99. The number of rotatable bonds is 5. The average molecular weight is 306 g/mol. The topological polar surface area (TPSA) is 41.5 Å². The van der Waals surface area contributed by atoms with E-state index in [0.29, 0.717) is 6.10 Å². The molecule has 3 nitrogen and oxygen atoms in total. The molecule has 1 aliphatic rings. The summed E-state index contributed by atoms with van der Waals surface area (Å²) < 4.78 is 6.61. The first-order valence-electron chi connectivity index (χ1n) is 5.49. The van der Waals surface area contributed by atoms with Gasteiger partial charge >= 0.3 is 0 Å². The molecule has 0 saturated carbocycles. The van der Waals surface area contributed by atoms with Gasteiger partial charge in [0.25, 0.3) is 0 Å². The molecule has 1 aromatic heterocycles. The van der Waals surface area contributed by atoms with Crippen molar-refractivity contribution >= 4 is 27.3 Å². The summed E-state index contributed by atoms with van der Waals surface area (Å²) in [6, 6.07) is 2.08. The average Bonchev–Trinajstić information content (AvgIpc) is 2.91. The Hall–Kier alpha value is 0.0600. The third kappa shape index (κ3) is 3.28. The minimum absolute atomic E-state index is 0.0282. The van der Waals surface area contributed by atoms with Crippen LogP contribution in [-0.4, -0.2) is 31.0 Å². The molecule has 16 heavy (non-hydrogen) atoms. The predicted octanol–water partition coefficient (Wildman–Crippen LogP) is 2.31. The number of aliphatic hydroxyl groups excluding tert-OH is 1. The van der Waals surface area contributed by atoms with Crippen LogP contribution in [0.2, 0.25) is 0 Å². The number of aliphatic hydroxyl groups is 1. The highest BCUT2D eigenvalue weighted by Gasteiger charge is 2.18. The van der Waals surface area contributed by atoms with Gasteiger partial charge in [0.2, 0.25) is 0 Å². The Kier molecular flexibility index (Phi) is 4.79. The third-order valence-electron chi connectivity index (χ3n) is 2.73. The summed E-state index contributed by atoms with van der Waals surface area (Å²) in [5.74, 6) is 0. The maximum absolute atomic E-state index is 9.35. The maximum atomic E-state index is 9.35. The molecule has 1 fully saturated rings. The molecule has 1 saturated heterocycles. The second kappa shape index (κ2) is 6.12. The van der Waals surface area contributed by atoms with E-state index in [9.17, 15) is 5.11 Å². The molecular formula is C11H16BrNO2S. The van der Waals surface area contributed by atoms with Crippen molar-refractivity contribution in [3.8, 4) is 0 Å². The van der Waals surface area contributed by atoms with Gasteiger partial charge in [-0.2, -0.15) is 0 Å². The molecule has 2 heterocycles. The van der Waals surface area contributed by atoms with Gasteiger partial charge in [0.15, 0.2) is 0 Å². The quantitative estimate of drug-likeness (QED) is 0.877. The van der Waals surface area contributed by atoms with E-state index in [0.717, 1.165) is 35.3 Å². The minimum Gasteiger partial charge on any atom is -0.394 e. The van der Waals surface area contributed by atoms with Gasteiger partial charge in [-0.1, -0.05) is 0 Å². The van der Waals surface area contributed by atoms with Crippen molar-refractivity contribution in [2.24, 2.45) is 0 Å². The number of thiophene rings is 1. The second-order valence-corrected chi connectivity index (χ2v) is 5.80. The van der Waals surface area contributed by atoms with E-state index in [1.807, 2.05) is 11.4 Å². The fourth-order valence-electron chi connectivity index (χ4n) is 1.85. The Morgan fingerprint density at radius 1 is 1.69 bits per heavy atom. The van der Waals surface area contributed by atoms with E-state index < -0.39 is 0 Å². The standard InChI is InChI=1S/C11H16BrNO2S/c12-8-4-11(16-7-8)10(6-14)13-5-9-2-1-3-15-9/h4,7,9-10,13-14H,1-3,5-6H2. The fourth-order valence-corrected chi connectivity index (χ4v) is 3.36. The molecule has 0 aromatic carbocycles. The van der Waals surface area contributed by atoms with Crippen molar-refractivity contribution in [2.45, 2.75) is 25.0 Å². The van der Waals surface area contributed by atoms with Crippen molar-refractivity contribution in [3.63, 3.8) is 0 Å². The van der Waals surface area contributed by atoms with Crippen LogP contribution in [0.5, 0.6) is 0 Å². The van der Waals surface area contributed by atoms with Gasteiger partial charge in [-0.25, -0.2) is 0 Å². The summed E-state index contributed by atoms with van der Waals surface area (Å²) in [7, 11) is 0. The van der Waals surface area contributed by atoms with Crippen LogP contribution < -0.4 is 5.32 Å². The first kappa shape index (κ1) is 12.5. The first-order valence-corrected chi connectivity index (χ1v) is 7.16. The zero-order valence-corrected chi connectivity index (χ0v) is 11.4. The summed E-state index contributed by atoms with van der Waals surface area (Å²) in [5.41, 5.74) is 0. The maximum Gasteiger partial charge on any atom is 0.0700 e. The molecule has 2 rings (SSSR count). The monoisotopic (exact) mass is 305 g/mol. The van der Waals surface area contributed by atoms with E-state index in [4.69, 9.17) is 4.74 Å². The molecule has 2 unspecified atom stereocenters. The van der Waals surface area contributed by atoms with Crippen LogP contribution in [0.4, 0.5) is 0 Å². The van der Waals surface area contributed by atoms with Crippen LogP contribution in [0, 0.1) is 0 Å². The van der Waals surface area contributed by atoms with Gasteiger partial charge in [0, 0.05) is 27.9 Å². The Bertz CT molecular complexity index is 326. The lowest BCUT2D eigenvalue weighted by atomic mass is 10.2. The van der Waals surface area contributed by atoms with Crippen molar-refractivity contribution in [2.75, 3.05) is 19.8 Å². The van der Waals surface area contributed by atoms with Crippen LogP contribution >= 0.6 is 27.3 Å². The van der Waals surface area contributed by atoms with Crippen LogP contribution in [0.1, 0.15) is 23.8 Å². The molecule has 0 amide bonds. The van der Waals surface area contributed by atoms with Gasteiger partial charge in [-0.15, -0.1) is 11.3 Å². The molecular weight excluding hydrogens is 290 g/mol. The first-order chi connectivity index (χ1) is 7.79. The lowest BCUT2D eigenvalue weighted by molar-refractivity contribution is 0.104. The van der Waals surface area contributed by atoms with Crippen molar-refractivity contribution < 1.29 is 9.84 Å². The van der Waals surface area contributed by atoms with E-state index >= 15 is 0 Å². The van der Waals surface area contributed by atoms with E-state index in [-0.39, 0.29) is 12.6 Å². The summed E-state index contributed by atoms with van der Waals surface area (Å²) in [5, 5.41) is 14.7. The highest BCUT2D eigenvalue weighted by Crippen LogP contribution is 2.25. The minimum atomic E-state index is 0.0282. The van der Waals surface area contributed by atoms with E-state index in [1.54, 1.807) is 11.3 Å². The molecule has 1 aromatic rings. The van der Waals surface area contributed by atoms with Crippen molar-refractivity contribution in [3.05, 3.63) is 20.8 Å². The Labute approximate surface area is 108 Å². The largest absolute Gasteiger partial charge is 0.394 e. The smallest absolute Gasteiger partial charge is 0.0700 e. The second-order valence-electron chi connectivity index (χ2n) is 3.95. The molecule has 1 aliphatic heterocycles. The van der Waals surface area contributed by atoms with Crippen LogP contribution in [0.15, 0.2) is 15.9 Å². The normalized spacial score (nSPS) is 22.5. The number of hydrogen-bond acceptors (Lipinski definition) is 4. The van der Waals surface area contributed by atoms with Crippen molar-refractivity contribution in [1.29, 1.82) is 0 Å². The van der Waals surface area contributed by atoms with E-state index in [1.165, 1.54) is 0 Å². The molecule has 0 spiro atoms. The Morgan fingerprint density at radius 3 is 3.12 bits per heavy atom. The SMILES string of the molecule is OCC(NCC1CCCO1)c1cc(Br)cs1. The van der Waals surface area contributed by atoms with Gasteiger partial charge in [0.1, 0.15) is 0 Å². The summed E-state index contributed by atoms with van der Waals surface area (Å²) in [4.78, 5) is 1.16. The summed E-state index contributed by atoms with van der Waals surface area (Å²) in [6.45, 7) is 1.82. The molecule has 2 atom stereocenters. The number of halogens is 1. The number of hydrogen-bond donors (Lipinski definition) is 2. The third-order valence-corrected chi connectivity index (χ3v) is 4.54. The molecule has 5 heteroatoms. The Balaban J connectivity index is 1.85. The van der Waals surface area contributed by atoms with Crippen molar-refractivity contribution in [1.82, 2.24) is 5.32 Å². The van der Waals surface area contributed by atoms with Crippen LogP contribution in [0.3, 0.4) is 0 Å². The lowest BCUT2D eigenvalue weighted by Gasteiger charge is -2.17. The number of ether oxygens (including phenoxy) is 1. The van der Waals surface area contributed by atoms with Gasteiger partial charge in [-0.05, 0) is 34.8 Å². The van der Waals surface area contributed by atoms with Gasteiger partial charge in [-0.3, -0.25) is 0 Å². The van der Waals surface area contributed by atoms with E-state index in [2.05, 4.69) is 21.2 Å².